The molecule has 0 aromatic heterocycles. The van der Waals surface area contributed by atoms with Gasteiger partial charge >= 0.3 is 11.9 Å². The van der Waals surface area contributed by atoms with Gasteiger partial charge in [-0.05, 0) is 26.6 Å². The van der Waals surface area contributed by atoms with Gasteiger partial charge in [0, 0.05) is 6.42 Å². The van der Waals surface area contributed by atoms with Crippen LogP contribution < -0.4 is 10.6 Å². The maximum absolute atomic E-state index is 11.6. The van der Waals surface area contributed by atoms with Gasteiger partial charge in [-0.2, -0.15) is 0 Å². The van der Waals surface area contributed by atoms with E-state index >= 15 is 0 Å². The van der Waals surface area contributed by atoms with Gasteiger partial charge in [-0.15, -0.1) is 0 Å². The van der Waals surface area contributed by atoms with E-state index in [-0.39, 0.29) is 31.0 Å². The van der Waals surface area contributed by atoms with E-state index in [2.05, 4.69) is 10.6 Å². The van der Waals surface area contributed by atoms with Crippen LogP contribution in [-0.4, -0.2) is 44.4 Å². The van der Waals surface area contributed by atoms with Crippen LogP contribution in [0.5, 0.6) is 0 Å². The van der Waals surface area contributed by atoms with Crippen LogP contribution in [0.15, 0.2) is 0 Å². The van der Waals surface area contributed by atoms with Gasteiger partial charge < -0.3 is 14.8 Å². The minimum atomic E-state index is -0.379. The molecule has 6 heteroatoms. The number of esters is 2. The van der Waals surface area contributed by atoms with Crippen LogP contribution in [0, 0.1) is 0 Å². The van der Waals surface area contributed by atoms with E-state index in [0.717, 1.165) is 19.6 Å². The summed E-state index contributed by atoms with van der Waals surface area (Å²) >= 11 is 0. The minimum absolute atomic E-state index is 0.0575. The molecule has 19 heavy (non-hydrogen) atoms. The van der Waals surface area contributed by atoms with Gasteiger partial charge in [-0.25, -0.2) is 0 Å². The quantitative estimate of drug-likeness (QED) is 0.330. The molecule has 0 bridgehead atoms. The standard InChI is InChI=1S/C13H26N2O4/c1-4-14-10-9-11(15-5-2)19-13(17)8-7-12(16)18-6-3/h11,14-15H,4-10H2,1-3H3. The lowest BCUT2D eigenvalue weighted by molar-refractivity contribution is -0.154. The highest BCUT2D eigenvalue weighted by atomic mass is 16.6. The van der Waals surface area contributed by atoms with Crippen molar-refractivity contribution in [1.82, 2.24) is 10.6 Å². The van der Waals surface area contributed by atoms with E-state index in [1.54, 1.807) is 6.92 Å². The van der Waals surface area contributed by atoms with Gasteiger partial charge in [0.15, 0.2) is 6.23 Å². The topological polar surface area (TPSA) is 76.7 Å². The fourth-order valence-corrected chi connectivity index (χ4v) is 1.50. The number of carbonyl (C=O) groups excluding carboxylic acids is 2. The summed E-state index contributed by atoms with van der Waals surface area (Å²) in [5.74, 6) is -0.748. The molecule has 0 fully saturated rings. The molecule has 0 aliphatic rings. The average Bonchev–Trinajstić information content (AvgIpc) is 2.37. The average molecular weight is 274 g/mol. The van der Waals surface area contributed by atoms with Gasteiger partial charge in [0.2, 0.25) is 0 Å². The number of carbonyl (C=O) groups is 2. The lowest BCUT2D eigenvalue weighted by Crippen LogP contribution is -2.36. The lowest BCUT2D eigenvalue weighted by Gasteiger charge is -2.18. The highest BCUT2D eigenvalue weighted by molar-refractivity contribution is 5.77. The van der Waals surface area contributed by atoms with E-state index in [9.17, 15) is 9.59 Å². The van der Waals surface area contributed by atoms with E-state index < -0.39 is 0 Å². The maximum Gasteiger partial charge on any atom is 0.307 e. The number of ether oxygens (including phenoxy) is 2. The molecule has 0 heterocycles. The molecule has 0 aliphatic heterocycles. The molecular formula is C13H26N2O4. The third-order valence-corrected chi connectivity index (χ3v) is 2.38. The van der Waals surface area contributed by atoms with Crippen molar-refractivity contribution in [3.05, 3.63) is 0 Å². The minimum Gasteiger partial charge on any atom is -0.466 e. The Labute approximate surface area is 115 Å². The van der Waals surface area contributed by atoms with Crippen molar-refractivity contribution >= 4 is 11.9 Å². The van der Waals surface area contributed by atoms with E-state index in [1.165, 1.54) is 0 Å². The number of hydrogen-bond donors (Lipinski definition) is 2. The summed E-state index contributed by atoms with van der Waals surface area (Å²) in [6, 6.07) is 0. The molecule has 112 valence electrons. The van der Waals surface area contributed by atoms with Crippen molar-refractivity contribution < 1.29 is 19.1 Å². The summed E-state index contributed by atoms with van der Waals surface area (Å²) in [6.07, 6.45) is 0.520. The largest absolute Gasteiger partial charge is 0.466 e. The van der Waals surface area contributed by atoms with Gasteiger partial charge in [0.1, 0.15) is 0 Å². The van der Waals surface area contributed by atoms with Gasteiger partial charge in [0.25, 0.3) is 0 Å². The zero-order chi connectivity index (χ0) is 14.5. The van der Waals surface area contributed by atoms with E-state index in [0.29, 0.717) is 13.0 Å². The van der Waals surface area contributed by atoms with Crippen molar-refractivity contribution in [1.29, 1.82) is 0 Å². The van der Waals surface area contributed by atoms with Crippen molar-refractivity contribution in [3.8, 4) is 0 Å². The van der Waals surface area contributed by atoms with Crippen LogP contribution in [0.2, 0.25) is 0 Å². The molecule has 0 aliphatic carbocycles. The van der Waals surface area contributed by atoms with Crippen LogP contribution in [0.3, 0.4) is 0 Å². The van der Waals surface area contributed by atoms with Crippen LogP contribution in [0.1, 0.15) is 40.0 Å². The summed E-state index contributed by atoms with van der Waals surface area (Å²) in [4.78, 5) is 22.7. The number of rotatable bonds is 11. The molecule has 1 unspecified atom stereocenters. The smallest absolute Gasteiger partial charge is 0.307 e. The zero-order valence-corrected chi connectivity index (χ0v) is 12.2. The Morgan fingerprint density at radius 2 is 1.74 bits per heavy atom. The summed E-state index contributed by atoms with van der Waals surface area (Å²) < 4.78 is 10.0. The van der Waals surface area contributed by atoms with Crippen molar-refractivity contribution in [2.75, 3.05) is 26.2 Å². The second-order valence-corrected chi connectivity index (χ2v) is 3.98. The summed E-state index contributed by atoms with van der Waals surface area (Å²) in [7, 11) is 0. The molecule has 0 spiro atoms. The van der Waals surface area contributed by atoms with Crippen LogP contribution in [0.4, 0.5) is 0 Å². The normalized spacial score (nSPS) is 11.9. The maximum atomic E-state index is 11.6. The molecule has 0 aromatic carbocycles. The zero-order valence-electron chi connectivity index (χ0n) is 12.2. The van der Waals surface area contributed by atoms with E-state index in [4.69, 9.17) is 9.47 Å². The molecule has 6 nitrogen and oxygen atoms in total. The SMILES string of the molecule is CCNCCC(NCC)OC(=O)CCC(=O)OCC. The summed E-state index contributed by atoms with van der Waals surface area (Å²) in [5, 5.41) is 6.26. The number of nitrogens with one attached hydrogen (secondary N) is 2. The fraction of sp³-hybridized carbons (Fsp3) is 0.846. The highest BCUT2D eigenvalue weighted by Crippen LogP contribution is 2.01. The fourth-order valence-electron chi connectivity index (χ4n) is 1.50. The van der Waals surface area contributed by atoms with Crippen LogP contribution >= 0.6 is 0 Å². The van der Waals surface area contributed by atoms with Crippen LogP contribution in [-0.2, 0) is 19.1 Å². The Bertz CT molecular complexity index is 259. The monoisotopic (exact) mass is 274 g/mol. The molecular weight excluding hydrogens is 248 g/mol. The Morgan fingerprint density at radius 1 is 1.05 bits per heavy atom. The Balaban J connectivity index is 3.91. The second-order valence-electron chi connectivity index (χ2n) is 3.98. The van der Waals surface area contributed by atoms with Crippen molar-refractivity contribution in [3.63, 3.8) is 0 Å². The predicted molar refractivity (Wildman–Crippen MR) is 72.6 cm³/mol. The first-order chi connectivity index (χ1) is 9.13. The molecule has 0 aromatic rings. The van der Waals surface area contributed by atoms with Gasteiger partial charge in [-0.3, -0.25) is 14.9 Å². The summed E-state index contributed by atoms with van der Waals surface area (Å²) in [5.41, 5.74) is 0. The molecule has 0 amide bonds. The molecule has 0 saturated heterocycles. The lowest BCUT2D eigenvalue weighted by atomic mass is 10.3. The molecule has 1 atom stereocenters. The molecule has 0 saturated carbocycles. The molecule has 2 N–H and O–H groups in total. The predicted octanol–water partition coefficient (Wildman–Crippen LogP) is 0.808. The Hall–Kier alpha value is -1.14. The first-order valence-electron chi connectivity index (χ1n) is 6.93. The van der Waals surface area contributed by atoms with Crippen LogP contribution in [0.25, 0.3) is 0 Å². The summed E-state index contributed by atoms with van der Waals surface area (Å²) in [6.45, 7) is 8.42. The van der Waals surface area contributed by atoms with Gasteiger partial charge in [-0.1, -0.05) is 13.8 Å². The van der Waals surface area contributed by atoms with Crippen molar-refractivity contribution in [2.24, 2.45) is 0 Å². The highest BCUT2D eigenvalue weighted by Gasteiger charge is 2.14. The third kappa shape index (κ3) is 10.5. The number of hydrogen-bond acceptors (Lipinski definition) is 6. The molecule has 0 radical (unpaired) electrons. The second kappa shape index (κ2) is 11.9. The molecule has 0 rings (SSSR count). The Kier molecular flexibility index (Phi) is 11.2. The van der Waals surface area contributed by atoms with Crippen molar-refractivity contribution in [2.45, 2.75) is 46.3 Å². The van der Waals surface area contributed by atoms with E-state index in [1.807, 2.05) is 13.8 Å². The van der Waals surface area contributed by atoms with Gasteiger partial charge in [0.05, 0.1) is 19.4 Å². The first-order valence-corrected chi connectivity index (χ1v) is 6.93. The Morgan fingerprint density at radius 3 is 2.32 bits per heavy atom. The third-order valence-electron chi connectivity index (χ3n) is 2.38. The first kappa shape index (κ1) is 17.9.